The van der Waals surface area contributed by atoms with Crippen molar-refractivity contribution in [1.82, 2.24) is 0 Å². The molecule has 0 saturated heterocycles. The Balaban J connectivity index is 0.831. The summed E-state index contributed by atoms with van der Waals surface area (Å²) in [5, 5.41) is 31.5. The van der Waals surface area contributed by atoms with Crippen LogP contribution in [0.1, 0.15) is 31.8 Å². The second kappa shape index (κ2) is 17.7. The van der Waals surface area contributed by atoms with Crippen molar-refractivity contribution < 1.29 is 19.1 Å². The van der Waals surface area contributed by atoms with E-state index in [1.807, 2.05) is 0 Å². The summed E-state index contributed by atoms with van der Waals surface area (Å²) in [5.41, 5.74) is 2.53. The Bertz CT molecular complexity index is 3190. The maximum atomic E-state index is 13.4. The maximum absolute atomic E-state index is 13.4. The quantitative estimate of drug-likeness (QED) is 0.118. The third kappa shape index (κ3) is 7.66. The smallest absolute Gasteiger partial charge is 0.338 e. The van der Waals surface area contributed by atoms with Gasteiger partial charge in [-0.2, -0.15) is 0 Å². The molecule has 7 aromatic carbocycles. The van der Waals surface area contributed by atoms with E-state index in [1.165, 1.54) is 70.1 Å². The lowest BCUT2D eigenvalue weighted by molar-refractivity contribution is 0.0459. The lowest BCUT2D eigenvalue weighted by Crippen LogP contribution is -2.17. The van der Waals surface area contributed by atoms with E-state index in [0.717, 1.165) is 21.9 Å². The van der Waals surface area contributed by atoms with E-state index in [0.29, 0.717) is 11.1 Å². The van der Waals surface area contributed by atoms with E-state index in [-0.39, 0.29) is 13.2 Å². The van der Waals surface area contributed by atoms with Crippen molar-refractivity contribution in [2.75, 3.05) is 0 Å². The Kier molecular flexibility index (Phi) is 11.6. The highest BCUT2D eigenvalue weighted by atomic mass is 32.2. The van der Waals surface area contributed by atoms with Crippen LogP contribution in [-0.2, 0) is 22.7 Å². The summed E-state index contributed by atoms with van der Waals surface area (Å²) >= 11 is 14.0. The first-order valence-corrected chi connectivity index (χ1v) is 26.4. The van der Waals surface area contributed by atoms with Gasteiger partial charge in [0.1, 0.15) is 13.2 Å². The molecular weight excluding hydrogens is 921 g/mol. The van der Waals surface area contributed by atoms with E-state index in [2.05, 4.69) is 128 Å². The molecule has 4 aliphatic rings. The van der Waals surface area contributed by atoms with Crippen molar-refractivity contribution in [2.45, 2.75) is 13.2 Å². The molecule has 302 valence electrons. The van der Waals surface area contributed by atoms with Crippen LogP contribution in [0.15, 0.2) is 152 Å². The fraction of sp³-hybridized carbons (Fsp3) is 0.0400. The van der Waals surface area contributed by atoms with Gasteiger partial charge in [0.2, 0.25) is 0 Å². The molecule has 0 atom stereocenters. The Morgan fingerprint density at radius 1 is 0.339 bits per heavy atom. The molecule has 0 radical (unpaired) electrons. The number of hydrogen-bond acceptors (Lipinski definition) is 12. The van der Waals surface area contributed by atoms with E-state index in [9.17, 15) is 9.59 Å². The van der Waals surface area contributed by atoms with Crippen LogP contribution in [0.4, 0.5) is 0 Å². The number of thioether (sulfide) groups is 8. The average Bonchev–Trinajstić information content (AvgIpc) is 4.18. The number of benzene rings is 7. The molecule has 12 heteroatoms. The van der Waals surface area contributed by atoms with E-state index in [1.54, 1.807) is 118 Å². The standard InChI is InChI=1S/C50H30O4S8/c51-45(53-27-29-9-15-37-39(25-29)43(49-59-21-22-60-49)35-7-3-1-5-33(35)41(37)47-55-17-18-56-47)31-11-13-32(14-12-31)46(52)54-28-30-10-16-38-40(26-30)44(50-61-23-24-62-50)36-8-4-2-6-34(36)42(38)48-57-19-20-58-48/h1-26H,27-28H2. The zero-order valence-corrected chi connectivity index (χ0v) is 38.9. The first kappa shape index (κ1) is 40.5. The zero-order chi connectivity index (χ0) is 41.6. The molecule has 0 bridgehead atoms. The van der Waals surface area contributed by atoms with E-state index < -0.39 is 11.9 Å². The Hall–Kier alpha value is -4.24. The van der Waals surface area contributed by atoms with Crippen LogP contribution in [0.5, 0.6) is 0 Å². The van der Waals surface area contributed by atoms with Gasteiger partial charge in [-0.15, -0.1) is 0 Å². The monoisotopic (exact) mass is 950 g/mol. The molecule has 4 heterocycles. The summed E-state index contributed by atoms with van der Waals surface area (Å²) in [7, 11) is 0. The molecule has 0 N–H and O–H groups in total. The second-order valence-corrected chi connectivity index (χ2v) is 22.6. The molecule has 0 unspecified atom stereocenters. The number of esters is 2. The number of hydrogen-bond donors (Lipinski definition) is 0. The topological polar surface area (TPSA) is 52.6 Å². The number of carbonyl (C=O) groups excluding carboxylic acids is 2. The van der Waals surface area contributed by atoms with Crippen molar-refractivity contribution in [2.24, 2.45) is 0 Å². The molecule has 0 aliphatic carbocycles. The lowest BCUT2D eigenvalue weighted by atomic mass is 9.97. The minimum absolute atomic E-state index is 0.113. The number of carbonyl (C=O) groups is 2. The van der Waals surface area contributed by atoms with Crippen molar-refractivity contribution in [1.29, 1.82) is 0 Å². The molecule has 11 rings (SSSR count). The molecule has 0 spiro atoms. The van der Waals surface area contributed by atoms with Crippen LogP contribution >= 0.6 is 94.1 Å². The van der Waals surface area contributed by atoms with Gasteiger partial charge in [-0.05, 0) is 134 Å². The van der Waals surface area contributed by atoms with Crippen molar-refractivity contribution in [3.05, 3.63) is 196 Å². The number of ether oxygens (including phenoxy) is 2. The normalized spacial score (nSPS) is 15.7. The molecule has 7 aromatic rings. The van der Waals surface area contributed by atoms with Crippen LogP contribution in [0, 0.1) is 0 Å². The Labute approximate surface area is 390 Å². The third-order valence-electron chi connectivity index (χ3n) is 10.7. The van der Waals surface area contributed by atoms with Gasteiger partial charge in [-0.25, -0.2) is 9.59 Å². The van der Waals surface area contributed by atoms with Crippen LogP contribution in [0.25, 0.3) is 60.0 Å². The molecule has 0 saturated carbocycles. The van der Waals surface area contributed by atoms with Crippen LogP contribution < -0.4 is 20.9 Å². The predicted octanol–water partition coefficient (Wildman–Crippen LogP) is 13.1. The molecular formula is C50H30O4S8. The van der Waals surface area contributed by atoms with Crippen molar-refractivity contribution in [3.63, 3.8) is 0 Å². The van der Waals surface area contributed by atoms with Gasteiger partial charge in [0.25, 0.3) is 0 Å². The fourth-order valence-electron chi connectivity index (χ4n) is 8.02. The molecule has 0 amide bonds. The second-order valence-electron chi connectivity index (χ2n) is 14.3. The minimum atomic E-state index is -0.459. The molecule has 4 aliphatic heterocycles. The van der Waals surface area contributed by atoms with Gasteiger partial charge in [-0.3, -0.25) is 0 Å². The van der Waals surface area contributed by atoms with Gasteiger partial charge in [0.15, 0.2) is 0 Å². The van der Waals surface area contributed by atoms with Gasteiger partial charge in [0, 0.05) is 20.9 Å². The van der Waals surface area contributed by atoms with Gasteiger partial charge >= 0.3 is 11.9 Å². The molecule has 4 nitrogen and oxygen atoms in total. The summed E-state index contributed by atoms with van der Waals surface area (Å²) in [5.74, 6) is -0.918. The van der Waals surface area contributed by atoms with Crippen LogP contribution in [-0.4, -0.2) is 11.9 Å². The predicted molar refractivity (Wildman–Crippen MR) is 277 cm³/mol. The first-order chi connectivity index (χ1) is 30.6. The minimum Gasteiger partial charge on any atom is -0.457 e. The van der Waals surface area contributed by atoms with Gasteiger partial charge in [0.05, 0.1) is 28.1 Å². The van der Waals surface area contributed by atoms with Gasteiger partial charge < -0.3 is 9.47 Å². The molecule has 0 aromatic heterocycles. The Morgan fingerprint density at radius 2 is 0.613 bits per heavy atom. The molecule has 62 heavy (non-hydrogen) atoms. The SMILES string of the molecule is O=C(OCc1ccc2c(=C3SC=CS3)c3ccccc3c(=C3SC=CS3)c2c1)c1ccc(C(=O)OCc2ccc3c(=C4SC=CS4)c4ccccc4c(=C4SC=CS4)c3c2)cc1. The van der Waals surface area contributed by atoms with E-state index >= 15 is 0 Å². The zero-order valence-electron chi connectivity index (χ0n) is 32.3. The highest BCUT2D eigenvalue weighted by Gasteiger charge is 2.19. The summed E-state index contributed by atoms with van der Waals surface area (Å²) in [6, 6.07) is 36.5. The number of fused-ring (bicyclic) bond motifs is 4. The largest absolute Gasteiger partial charge is 0.457 e. The van der Waals surface area contributed by atoms with E-state index in [4.69, 9.17) is 9.47 Å². The summed E-state index contributed by atoms with van der Waals surface area (Å²) in [4.78, 5) is 26.8. The maximum Gasteiger partial charge on any atom is 0.338 e. The van der Waals surface area contributed by atoms with Gasteiger partial charge in [-0.1, -0.05) is 167 Å². The van der Waals surface area contributed by atoms with Crippen molar-refractivity contribution in [3.8, 4) is 0 Å². The lowest BCUT2D eigenvalue weighted by Gasteiger charge is -2.13. The third-order valence-corrected chi connectivity index (χ3v) is 19.2. The van der Waals surface area contributed by atoms with Crippen LogP contribution in [0.3, 0.4) is 0 Å². The summed E-state index contributed by atoms with van der Waals surface area (Å²) in [6.07, 6.45) is 0. The highest BCUT2D eigenvalue weighted by molar-refractivity contribution is 8.36. The average molecular weight is 951 g/mol. The van der Waals surface area contributed by atoms with Crippen molar-refractivity contribution >= 4 is 166 Å². The first-order valence-electron chi connectivity index (χ1n) is 19.4. The number of rotatable bonds is 6. The summed E-state index contributed by atoms with van der Waals surface area (Å²) in [6.45, 7) is 0.225. The summed E-state index contributed by atoms with van der Waals surface area (Å²) < 4.78 is 16.7. The Morgan fingerprint density at radius 3 is 0.919 bits per heavy atom. The molecule has 0 fully saturated rings. The highest BCUT2D eigenvalue weighted by Crippen LogP contribution is 2.43. The van der Waals surface area contributed by atoms with Crippen LogP contribution in [0.2, 0.25) is 0 Å². The fourth-order valence-corrected chi connectivity index (χ4v) is 15.7.